The molecule has 3 aliphatic rings. The summed E-state index contributed by atoms with van der Waals surface area (Å²) in [5, 5.41) is 6.17. The first kappa shape index (κ1) is 27.5. The number of thiophene rings is 1. The first-order chi connectivity index (χ1) is 18.0. The molecule has 1 fully saturated rings. The van der Waals surface area contributed by atoms with Gasteiger partial charge < -0.3 is 15.1 Å². The van der Waals surface area contributed by atoms with E-state index in [4.69, 9.17) is 39.6 Å². The number of benzene rings is 1. The van der Waals surface area contributed by atoms with Crippen molar-refractivity contribution in [1.29, 1.82) is 0 Å². The first-order valence-corrected chi connectivity index (χ1v) is 13.7. The number of carbonyl (C=O) groups is 2. The molecular formula is C24H20Cl3F4N3O3S. The molecule has 204 valence electrons. The van der Waals surface area contributed by atoms with E-state index in [1.54, 1.807) is 0 Å². The lowest BCUT2D eigenvalue weighted by Gasteiger charge is -2.29. The number of alkyl halides is 4. The predicted octanol–water partition coefficient (Wildman–Crippen LogP) is 6.08. The van der Waals surface area contributed by atoms with E-state index < -0.39 is 36.8 Å². The summed E-state index contributed by atoms with van der Waals surface area (Å²) in [5.74, 6) is -0.842. The normalized spacial score (nSPS) is 23.0. The molecule has 1 saturated heterocycles. The number of amides is 2. The Morgan fingerprint density at radius 2 is 1.89 bits per heavy atom. The number of hydrogen-bond acceptors (Lipinski definition) is 5. The molecule has 1 aromatic heterocycles. The fraction of sp³-hybridized carbons (Fsp3) is 0.458. The number of rotatable bonds is 6. The van der Waals surface area contributed by atoms with Crippen LogP contribution < -0.4 is 5.32 Å². The van der Waals surface area contributed by atoms with Crippen LogP contribution in [0.15, 0.2) is 17.3 Å². The molecule has 1 aromatic carbocycles. The van der Waals surface area contributed by atoms with Gasteiger partial charge >= 0.3 is 6.18 Å². The van der Waals surface area contributed by atoms with Crippen LogP contribution in [0.1, 0.15) is 50.5 Å². The Labute approximate surface area is 233 Å². The number of fused-ring (bicyclic) bond motifs is 1. The Balaban J connectivity index is 1.44. The quantitative estimate of drug-likeness (QED) is 0.318. The summed E-state index contributed by atoms with van der Waals surface area (Å²) in [6.45, 7) is -0.366. The van der Waals surface area contributed by atoms with E-state index in [1.165, 1.54) is 4.90 Å². The molecule has 2 aliphatic heterocycles. The Morgan fingerprint density at radius 1 is 1.21 bits per heavy atom. The van der Waals surface area contributed by atoms with Gasteiger partial charge in [0.25, 0.3) is 11.5 Å². The third-order valence-corrected chi connectivity index (χ3v) is 9.55. The molecule has 5 rings (SSSR count). The second-order valence-electron chi connectivity index (χ2n) is 9.28. The van der Waals surface area contributed by atoms with Crippen molar-refractivity contribution >= 4 is 63.7 Å². The summed E-state index contributed by atoms with van der Waals surface area (Å²) in [5.41, 5.74) is -1.64. The molecule has 0 bridgehead atoms. The van der Waals surface area contributed by atoms with Crippen LogP contribution in [0.3, 0.4) is 0 Å². The van der Waals surface area contributed by atoms with Crippen LogP contribution in [0.25, 0.3) is 0 Å². The van der Waals surface area contributed by atoms with Crippen molar-refractivity contribution in [2.24, 2.45) is 5.16 Å². The number of nitrogens with zero attached hydrogens (tertiary/aromatic N) is 2. The standard InChI is InChI=1S/C24H20Cl3F4N3O3S/c25-14-8-11(9-15(26)18(14)27)23(24(29,30)31)10-17(33-37-23)19-12-2-1-3-13(12)20(38-19)21(35)32-16-4-6-34(7-5-28)22(16)36/h8-9,16H,1-7,10H2,(H,32,35). The molecular weight excluding hydrogens is 593 g/mol. The van der Waals surface area contributed by atoms with Crippen LogP contribution in [0.4, 0.5) is 17.6 Å². The Kier molecular flexibility index (Phi) is 7.34. The largest absolute Gasteiger partial charge is 0.435 e. The minimum absolute atomic E-state index is 0.0332. The lowest BCUT2D eigenvalue weighted by atomic mass is 9.87. The van der Waals surface area contributed by atoms with E-state index in [2.05, 4.69) is 10.5 Å². The van der Waals surface area contributed by atoms with E-state index in [1.807, 2.05) is 0 Å². The SMILES string of the molecule is O=C(NC1CCN(CCF)C1=O)c1sc(C2=NOC(c3cc(Cl)c(Cl)c(Cl)c3)(C(F)(F)F)C2)c2c1CCC2. The highest BCUT2D eigenvalue weighted by Crippen LogP contribution is 2.52. The van der Waals surface area contributed by atoms with Gasteiger partial charge in [-0.15, -0.1) is 11.3 Å². The first-order valence-electron chi connectivity index (χ1n) is 11.7. The minimum Gasteiger partial charge on any atom is -0.374 e. The van der Waals surface area contributed by atoms with Crippen molar-refractivity contribution in [3.63, 3.8) is 0 Å². The van der Waals surface area contributed by atoms with Gasteiger partial charge in [-0.25, -0.2) is 4.39 Å². The summed E-state index contributed by atoms with van der Waals surface area (Å²) >= 11 is 19.0. The van der Waals surface area contributed by atoms with Crippen LogP contribution in [-0.4, -0.2) is 54.4 Å². The average molecular weight is 613 g/mol. The van der Waals surface area contributed by atoms with Gasteiger partial charge in [0.2, 0.25) is 5.91 Å². The molecule has 0 saturated carbocycles. The van der Waals surface area contributed by atoms with Crippen LogP contribution in [0.2, 0.25) is 15.1 Å². The van der Waals surface area contributed by atoms with Gasteiger partial charge in [0.1, 0.15) is 18.4 Å². The van der Waals surface area contributed by atoms with Crippen molar-refractivity contribution in [3.05, 3.63) is 53.6 Å². The highest BCUT2D eigenvalue weighted by molar-refractivity contribution is 7.16. The molecule has 3 heterocycles. The number of oxime groups is 1. The number of nitrogens with one attached hydrogen (secondary N) is 1. The smallest absolute Gasteiger partial charge is 0.374 e. The summed E-state index contributed by atoms with van der Waals surface area (Å²) < 4.78 is 56.1. The zero-order valence-electron chi connectivity index (χ0n) is 19.6. The molecule has 1 aliphatic carbocycles. The molecule has 14 heteroatoms. The Morgan fingerprint density at radius 3 is 2.55 bits per heavy atom. The fourth-order valence-electron chi connectivity index (χ4n) is 5.12. The third kappa shape index (κ3) is 4.55. The maximum absolute atomic E-state index is 14.5. The Bertz CT molecular complexity index is 1330. The third-order valence-electron chi connectivity index (χ3n) is 7.03. The summed E-state index contributed by atoms with van der Waals surface area (Å²) in [6.07, 6.45) is -3.32. The van der Waals surface area contributed by atoms with Crippen LogP contribution in [-0.2, 0) is 28.1 Å². The van der Waals surface area contributed by atoms with E-state index in [-0.39, 0.29) is 38.8 Å². The van der Waals surface area contributed by atoms with Gasteiger partial charge in [-0.2, -0.15) is 13.2 Å². The van der Waals surface area contributed by atoms with E-state index >= 15 is 0 Å². The predicted molar refractivity (Wildman–Crippen MR) is 136 cm³/mol. The number of halogens is 7. The molecule has 6 nitrogen and oxygen atoms in total. The molecule has 2 atom stereocenters. The van der Waals surface area contributed by atoms with Crippen LogP contribution in [0, 0.1) is 0 Å². The van der Waals surface area contributed by atoms with Gasteiger partial charge in [0.05, 0.1) is 31.2 Å². The lowest BCUT2D eigenvalue weighted by Crippen LogP contribution is -2.42. The van der Waals surface area contributed by atoms with Crippen molar-refractivity contribution in [1.82, 2.24) is 10.2 Å². The molecule has 2 aromatic rings. The minimum atomic E-state index is -4.88. The molecule has 0 spiro atoms. The topological polar surface area (TPSA) is 71.0 Å². The van der Waals surface area contributed by atoms with Gasteiger partial charge in [-0.1, -0.05) is 40.0 Å². The van der Waals surface area contributed by atoms with Crippen molar-refractivity contribution in [2.75, 3.05) is 19.8 Å². The molecule has 1 N–H and O–H groups in total. The maximum atomic E-state index is 14.5. The summed E-state index contributed by atoms with van der Waals surface area (Å²) in [6, 6.07) is 1.34. The number of carbonyl (C=O) groups excluding carboxylic acids is 2. The van der Waals surface area contributed by atoms with E-state index in [0.717, 1.165) is 41.0 Å². The molecule has 2 amide bonds. The monoisotopic (exact) mass is 611 g/mol. The average Bonchev–Trinajstić information content (AvgIpc) is 3.63. The van der Waals surface area contributed by atoms with Crippen LogP contribution >= 0.6 is 46.1 Å². The van der Waals surface area contributed by atoms with Gasteiger partial charge in [-0.3, -0.25) is 9.59 Å². The summed E-state index contributed by atoms with van der Waals surface area (Å²) in [4.78, 5) is 32.9. The van der Waals surface area contributed by atoms with Crippen molar-refractivity contribution in [2.45, 2.75) is 49.9 Å². The highest BCUT2D eigenvalue weighted by atomic mass is 35.5. The maximum Gasteiger partial charge on any atom is 0.435 e. The van der Waals surface area contributed by atoms with Crippen molar-refractivity contribution < 1.29 is 32.0 Å². The van der Waals surface area contributed by atoms with Gasteiger partial charge in [-0.05, 0) is 48.9 Å². The molecule has 38 heavy (non-hydrogen) atoms. The molecule has 0 radical (unpaired) electrons. The van der Waals surface area contributed by atoms with Crippen molar-refractivity contribution in [3.8, 4) is 0 Å². The highest BCUT2D eigenvalue weighted by Gasteiger charge is 2.63. The zero-order valence-corrected chi connectivity index (χ0v) is 22.6. The van der Waals surface area contributed by atoms with E-state index in [9.17, 15) is 27.2 Å². The Hall–Kier alpha value is -2.08. The lowest BCUT2D eigenvalue weighted by molar-refractivity contribution is -0.275. The molecule has 2 unspecified atom stereocenters. The van der Waals surface area contributed by atoms with Crippen LogP contribution in [0.5, 0.6) is 0 Å². The fourth-order valence-corrected chi connectivity index (χ4v) is 7.00. The van der Waals surface area contributed by atoms with Gasteiger partial charge in [0.15, 0.2) is 0 Å². The second-order valence-corrected chi connectivity index (χ2v) is 11.5. The van der Waals surface area contributed by atoms with E-state index in [0.29, 0.717) is 35.6 Å². The van der Waals surface area contributed by atoms with Gasteiger partial charge in [0, 0.05) is 18.7 Å². The number of hydrogen-bond donors (Lipinski definition) is 1. The number of likely N-dealkylation sites (tertiary alicyclic amines) is 1. The zero-order chi connectivity index (χ0) is 27.4. The summed E-state index contributed by atoms with van der Waals surface area (Å²) in [7, 11) is 0. The second kappa shape index (κ2) is 10.1.